The molecule has 2 rings (SSSR count). The van der Waals surface area contributed by atoms with Crippen molar-refractivity contribution < 1.29 is 28.9 Å². The zero-order valence-corrected chi connectivity index (χ0v) is 17.7. The first-order chi connectivity index (χ1) is 15.3. The van der Waals surface area contributed by atoms with E-state index in [0.717, 1.165) is 18.2 Å². The van der Waals surface area contributed by atoms with Gasteiger partial charge in [0.2, 0.25) is 0 Å². The van der Waals surface area contributed by atoms with Crippen molar-refractivity contribution in [1.29, 1.82) is 0 Å². The summed E-state index contributed by atoms with van der Waals surface area (Å²) in [5.74, 6) is -1.25. The first kappa shape index (κ1) is 24.4. The number of nitrogens with one attached hydrogen (secondary N) is 2. The van der Waals surface area contributed by atoms with Gasteiger partial charge in [-0.05, 0) is 37.3 Å². The summed E-state index contributed by atoms with van der Waals surface area (Å²) in [4.78, 5) is 44.5. The molecule has 2 N–H and O–H groups in total. The van der Waals surface area contributed by atoms with Gasteiger partial charge >= 0.3 is 11.9 Å². The van der Waals surface area contributed by atoms with E-state index >= 15 is 0 Å². The smallest absolute Gasteiger partial charge is 0.338 e. The van der Waals surface area contributed by atoms with Crippen molar-refractivity contribution in [2.45, 2.75) is 13.0 Å². The summed E-state index contributed by atoms with van der Waals surface area (Å²) in [6.07, 6.45) is 0. The van der Waals surface area contributed by atoms with Gasteiger partial charge in [0.25, 0.3) is 11.4 Å². The van der Waals surface area contributed by atoms with Gasteiger partial charge < -0.3 is 20.1 Å². The minimum absolute atomic E-state index is 0.0544. The fourth-order valence-corrected chi connectivity index (χ4v) is 2.74. The second-order valence-electron chi connectivity index (χ2n) is 6.18. The minimum atomic E-state index is -1.05. The quantitative estimate of drug-likeness (QED) is 0.148. The molecule has 2 aromatic rings. The van der Waals surface area contributed by atoms with Crippen LogP contribution in [0.15, 0.2) is 42.5 Å². The van der Waals surface area contributed by atoms with Crippen LogP contribution in [0.5, 0.6) is 0 Å². The van der Waals surface area contributed by atoms with Crippen LogP contribution in [0, 0.1) is 20.2 Å². The van der Waals surface area contributed by atoms with Crippen LogP contribution in [0.3, 0.4) is 0 Å². The number of nitro groups is 2. The fourth-order valence-electron chi connectivity index (χ4n) is 2.50. The van der Waals surface area contributed by atoms with E-state index in [9.17, 15) is 29.8 Å². The summed E-state index contributed by atoms with van der Waals surface area (Å²) in [6, 6.07) is 8.28. The van der Waals surface area contributed by atoms with E-state index < -0.39 is 39.2 Å². The average molecular weight is 464 g/mol. The molecule has 0 saturated carbocycles. The van der Waals surface area contributed by atoms with Crippen molar-refractivity contribution in [3.8, 4) is 0 Å². The first-order valence-electron chi connectivity index (χ1n) is 9.24. The molecule has 0 fully saturated rings. The molecule has 12 nitrogen and oxygen atoms in total. The van der Waals surface area contributed by atoms with Crippen LogP contribution >= 0.6 is 12.6 Å². The minimum Gasteiger partial charge on any atom is -0.462 e. The molecule has 0 unspecified atom stereocenters. The first-order valence-corrected chi connectivity index (χ1v) is 9.88. The van der Waals surface area contributed by atoms with Crippen LogP contribution in [0.4, 0.5) is 22.7 Å². The topological polar surface area (TPSA) is 163 Å². The lowest BCUT2D eigenvalue weighted by molar-refractivity contribution is -0.393. The van der Waals surface area contributed by atoms with E-state index in [2.05, 4.69) is 23.3 Å². The normalized spacial score (nSPS) is 11.2. The lowest BCUT2D eigenvalue weighted by Gasteiger charge is -2.17. The molecule has 32 heavy (non-hydrogen) atoms. The fraction of sp³-hybridized carbons (Fsp3) is 0.263. The van der Waals surface area contributed by atoms with Crippen molar-refractivity contribution >= 4 is 47.3 Å². The van der Waals surface area contributed by atoms with Gasteiger partial charge in [-0.1, -0.05) is 0 Å². The molecular weight excluding hydrogens is 444 g/mol. The largest absolute Gasteiger partial charge is 0.462 e. The van der Waals surface area contributed by atoms with Crippen molar-refractivity contribution in [1.82, 2.24) is 0 Å². The molecule has 1 atom stereocenters. The molecule has 0 aliphatic rings. The van der Waals surface area contributed by atoms with Crippen LogP contribution < -0.4 is 10.6 Å². The predicted molar refractivity (Wildman–Crippen MR) is 118 cm³/mol. The molecule has 0 bridgehead atoms. The maximum atomic E-state index is 12.3. The Bertz CT molecular complexity index is 999. The second kappa shape index (κ2) is 11.5. The van der Waals surface area contributed by atoms with Crippen molar-refractivity contribution in [2.24, 2.45) is 0 Å². The van der Waals surface area contributed by atoms with Crippen LogP contribution in [-0.4, -0.2) is 46.9 Å². The number of nitro benzene ring substituents is 2. The lowest BCUT2D eigenvalue weighted by Crippen LogP contribution is -2.34. The van der Waals surface area contributed by atoms with Crippen LogP contribution in [0.1, 0.15) is 17.3 Å². The predicted octanol–water partition coefficient (Wildman–Crippen LogP) is 3.00. The number of esters is 2. The molecule has 0 radical (unpaired) electrons. The van der Waals surface area contributed by atoms with Gasteiger partial charge in [0.1, 0.15) is 11.7 Å². The Kier molecular flexibility index (Phi) is 8.77. The molecule has 170 valence electrons. The number of ether oxygens (including phenoxy) is 2. The number of anilines is 2. The molecule has 2 aromatic carbocycles. The van der Waals surface area contributed by atoms with E-state index in [0.29, 0.717) is 11.3 Å². The monoisotopic (exact) mass is 464 g/mol. The highest BCUT2D eigenvalue weighted by molar-refractivity contribution is 7.80. The Hall–Kier alpha value is -3.87. The van der Waals surface area contributed by atoms with E-state index in [4.69, 9.17) is 9.47 Å². The number of benzene rings is 2. The van der Waals surface area contributed by atoms with Gasteiger partial charge in [-0.2, -0.15) is 12.6 Å². The lowest BCUT2D eigenvalue weighted by atomic mass is 10.2. The third kappa shape index (κ3) is 6.57. The summed E-state index contributed by atoms with van der Waals surface area (Å²) in [7, 11) is 0. The number of carbonyl (C=O) groups excluding carboxylic acids is 2. The Morgan fingerprint density at radius 2 is 1.75 bits per heavy atom. The van der Waals surface area contributed by atoms with Gasteiger partial charge in [-0.15, -0.1) is 0 Å². The molecule has 0 aliphatic carbocycles. The summed E-state index contributed by atoms with van der Waals surface area (Å²) in [6.45, 7) is 1.75. The van der Waals surface area contributed by atoms with Crippen molar-refractivity contribution in [3.63, 3.8) is 0 Å². The maximum absolute atomic E-state index is 12.3. The highest BCUT2D eigenvalue weighted by atomic mass is 32.1. The maximum Gasteiger partial charge on any atom is 0.338 e. The number of thiol groups is 1. The third-order valence-corrected chi connectivity index (χ3v) is 4.44. The summed E-state index contributed by atoms with van der Waals surface area (Å²) >= 11 is 4.06. The van der Waals surface area contributed by atoms with Crippen molar-refractivity contribution in [3.05, 3.63) is 68.3 Å². The second-order valence-corrected chi connectivity index (χ2v) is 6.54. The number of hydrogen-bond acceptors (Lipinski definition) is 11. The number of non-ortho nitro benzene ring substituents is 1. The molecule has 0 heterocycles. The highest BCUT2D eigenvalue weighted by Crippen LogP contribution is 2.29. The van der Waals surface area contributed by atoms with Gasteiger partial charge in [-0.25, -0.2) is 9.59 Å². The molecule has 0 amide bonds. The Morgan fingerprint density at radius 3 is 2.31 bits per heavy atom. The third-order valence-electron chi connectivity index (χ3n) is 4.07. The summed E-state index contributed by atoms with van der Waals surface area (Å²) in [5, 5.41) is 27.5. The molecule has 0 aromatic heterocycles. The summed E-state index contributed by atoms with van der Waals surface area (Å²) < 4.78 is 10.0. The van der Waals surface area contributed by atoms with Crippen LogP contribution in [-0.2, 0) is 14.3 Å². The average Bonchev–Trinajstić information content (AvgIpc) is 2.77. The van der Waals surface area contributed by atoms with E-state index in [1.54, 1.807) is 31.2 Å². The number of carbonyl (C=O) groups is 2. The molecule has 0 aliphatic heterocycles. The standard InChI is InChI=1S/C19H20N4O8S/c1-2-30-18(24)12-3-5-13(6-4-12)20-11-31-19(25)16(10-32)21-15-8-7-14(22(26)27)9-17(15)23(28)29/h3-9,16,20-21,32H,2,10-11H2,1H3/t16-/m0/s1. The van der Waals surface area contributed by atoms with E-state index in [1.165, 1.54) is 0 Å². The molecule has 13 heteroatoms. The van der Waals surface area contributed by atoms with Gasteiger partial charge in [0.15, 0.2) is 6.73 Å². The number of rotatable bonds is 11. The van der Waals surface area contributed by atoms with Gasteiger partial charge in [0, 0.05) is 17.5 Å². The summed E-state index contributed by atoms with van der Waals surface area (Å²) in [5.41, 5.74) is -0.145. The van der Waals surface area contributed by atoms with Gasteiger partial charge in [-0.3, -0.25) is 20.2 Å². The Labute approximate surface area is 187 Å². The zero-order chi connectivity index (χ0) is 23.7. The molecule has 0 saturated heterocycles. The van der Waals surface area contributed by atoms with Crippen molar-refractivity contribution in [2.75, 3.05) is 29.7 Å². The number of nitrogens with zero attached hydrogens (tertiary/aromatic N) is 2. The molecule has 0 spiro atoms. The Balaban J connectivity index is 1.97. The van der Waals surface area contributed by atoms with E-state index in [-0.39, 0.29) is 24.8 Å². The molecular formula is C19H20N4O8S. The SMILES string of the molecule is CCOC(=O)c1ccc(NCOC(=O)[C@H](CS)Nc2ccc([N+](=O)[O-])cc2[N+](=O)[O-])cc1. The van der Waals surface area contributed by atoms with Crippen LogP contribution in [0.2, 0.25) is 0 Å². The Morgan fingerprint density at radius 1 is 1.06 bits per heavy atom. The van der Waals surface area contributed by atoms with Crippen LogP contribution in [0.25, 0.3) is 0 Å². The van der Waals surface area contributed by atoms with Gasteiger partial charge in [0.05, 0.1) is 28.1 Å². The zero-order valence-electron chi connectivity index (χ0n) is 16.8. The van der Waals surface area contributed by atoms with E-state index in [1.807, 2.05) is 0 Å². The number of hydrogen-bond donors (Lipinski definition) is 3. The highest BCUT2D eigenvalue weighted by Gasteiger charge is 2.25.